The number of carbonyl (C=O) groups excluding carboxylic acids is 2. The topological polar surface area (TPSA) is 49.4 Å². The molecule has 0 heterocycles. The molecular weight excluding hydrogens is 192 g/mol. The molecule has 0 aliphatic rings. The zero-order chi connectivity index (χ0) is 10.3. The Morgan fingerprint density at radius 2 is 2.00 bits per heavy atom. The van der Waals surface area contributed by atoms with Crippen LogP contribution in [0.25, 0.3) is 0 Å². The Hall–Kier alpha value is -1.29. The van der Waals surface area contributed by atoms with E-state index in [1.54, 1.807) is 0 Å². The van der Waals surface area contributed by atoms with Crippen LogP contribution in [0.4, 0.5) is 9.59 Å². The Labute approximate surface area is 81.9 Å². The standard InChI is InChI=1S/C8H11ClN2O2/c1-3-5-10-8(13)11(6-4-2)7(9)12/h3-4H,1-2,5-6H2,(H,10,13). The molecule has 5 heteroatoms. The zero-order valence-corrected chi connectivity index (χ0v) is 7.88. The van der Waals surface area contributed by atoms with Gasteiger partial charge in [-0.3, -0.25) is 4.79 Å². The van der Waals surface area contributed by atoms with E-state index < -0.39 is 11.4 Å². The largest absolute Gasteiger partial charge is 0.334 e. The zero-order valence-electron chi connectivity index (χ0n) is 7.12. The number of imide groups is 1. The molecule has 0 rings (SSSR count). The van der Waals surface area contributed by atoms with Crippen LogP contribution >= 0.6 is 11.6 Å². The fourth-order valence-electron chi connectivity index (χ4n) is 0.619. The summed E-state index contributed by atoms with van der Waals surface area (Å²) in [4.78, 5) is 22.7. The monoisotopic (exact) mass is 202 g/mol. The molecule has 4 nitrogen and oxygen atoms in total. The third-order valence-electron chi connectivity index (χ3n) is 1.17. The molecule has 0 bridgehead atoms. The van der Waals surface area contributed by atoms with Crippen molar-refractivity contribution in [2.24, 2.45) is 0 Å². The van der Waals surface area contributed by atoms with Crippen LogP contribution in [0.15, 0.2) is 25.3 Å². The first-order valence-corrected chi connectivity index (χ1v) is 3.98. The lowest BCUT2D eigenvalue weighted by atomic mass is 10.5. The average molecular weight is 203 g/mol. The molecule has 0 saturated carbocycles. The fourth-order valence-corrected chi connectivity index (χ4v) is 0.764. The second-order valence-corrected chi connectivity index (χ2v) is 2.45. The minimum atomic E-state index is -0.832. The van der Waals surface area contributed by atoms with Crippen LogP contribution in [0.3, 0.4) is 0 Å². The van der Waals surface area contributed by atoms with Gasteiger partial charge in [0.15, 0.2) is 0 Å². The van der Waals surface area contributed by atoms with Crippen molar-refractivity contribution in [3.8, 4) is 0 Å². The first-order chi connectivity index (χ1) is 6.13. The van der Waals surface area contributed by atoms with Crippen molar-refractivity contribution in [2.75, 3.05) is 13.1 Å². The minimum absolute atomic E-state index is 0.0886. The van der Waals surface area contributed by atoms with E-state index in [1.807, 2.05) is 0 Å². The molecule has 3 amide bonds. The van der Waals surface area contributed by atoms with Crippen molar-refractivity contribution in [1.82, 2.24) is 10.2 Å². The highest BCUT2D eigenvalue weighted by atomic mass is 35.5. The second kappa shape index (κ2) is 6.25. The summed E-state index contributed by atoms with van der Waals surface area (Å²) in [6.07, 6.45) is 2.91. The molecule has 0 aromatic heterocycles. The maximum Gasteiger partial charge on any atom is 0.325 e. The maximum atomic E-state index is 11.1. The Bertz CT molecular complexity index is 228. The summed E-state index contributed by atoms with van der Waals surface area (Å²) in [5.41, 5.74) is 0. The lowest BCUT2D eigenvalue weighted by Gasteiger charge is -2.15. The Morgan fingerprint density at radius 3 is 2.38 bits per heavy atom. The number of hydrogen-bond donors (Lipinski definition) is 1. The Balaban J connectivity index is 4.18. The van der Waals surface area contributed by atoms with Crippen LogP contribution < -0.4 is 5.32 Å². The van der Waals surface area contributed by atoms with E-state index in [9.17, 15) is 9.59 Å². The normalized spacial score (nSPS) is 8.69. The summed E-state index contributed by atoms with van der Waals surface area (Å²) in [5.74, 6) is 0. The second-order valence-electron chi connectivity index (χ2n) is 2.13. The highest BCUT2D eigenvalue weighted by Crippen LogP contribution is 1.97. The molecule has 0 atom stereocenters. The minimum Gasteiger partial charge on any atom is -0.334 e. The van der Waals surface area contributed by atoms with E-state index >= 15 is 0 Å². The number of rotatable bonds is 4. The van der Waals surface area contributed by atoms with Gasteiger partial charge in [0.05, 0.1) is 0 Å². The van der Waals surface area contributed by atoms with Crippen molar-refractivity contribution in [1.29, 1.82) is 0 Å². The van der Waals surface area contributed by atoms with Gasteiger partial charge in [0.1, 0.15) is 0 Å². The van der Waals surface area contributed by atoms with Gasteiger partial charge in [-0.15, -0.1) is 13.2 Å². The van der Waals surface area contributed by atoms with Crippen LogP contribution in [0.1, 0.15) is 0 Å². The van der Waals surface area contributed by atoms with Crippen LogP contribution in [0.5, 0.6) is 0 Å². The maximum absolute atomic E-state index is 11.1. The van der Waals surface area contributed by atoms with Gasteiger partial charge in [0.2, 0.25) is 0 Å². The SMILES string of the molecule is C=CCNC(=O)N(CC=C)C(=O)Cl. The van der Waals surface area contributed by atoms with E-state index in [0.29, 0.717) is 0 Å². The van der Waals surface area contributed by atoms with Crippen molar-refractivity contribution in [3.05, 3.63) is 25.3 Å². The third kappa shape index (κ3) is 4.32. The van der Waals surface area contributed by atoms with Gasteiger partial charge in [0, 0.05) is 13.1 Å². The molecule has 0 saturated heterocycles. The van der Waals surface area contributed by atoms with Crippen LogP contribution in [-0.2, 0) is 0 Å². The van der Waals surface area contributed by atoms with Crippen LogP contribution in [-0.4, -0.2) is 29.4 Å². The average Bonchev–Trinajstić information content (AvgIpc) is 2.09. The first-order valence-electron chi connectivity index (χ1n) is 3.60. The number of carbonyl (C=O) groups is 2. The van der Waals surface area contributed by atoms with Crippen molar-refractivity contribution in [3.63, 3.8) is 0 Å². The molecular formula is C8H11ClN2O2. The summed E-state index contributed by atoms with van der Waals surface area (Å²) in [7, 11) is 0. The molecule has 1 N–H and O–H groups in total. The summed E-state index contributed by atoms with van der Waals surface area (Å²) in [5, 5.41) is 1.58. The predicted molar refractivity (Wildman–Crippen MR) is 51.7 cm³/mol. The molecule has 0 radical (unpaired) electrons. The number of urea groups is 1. The van der Waals surface area contributed by atoms with Crippen LogP contribution in [0, 0.1) is 0 Å². The van der Waals surface area contributed by atoms with Gasteiger partial charge < -0.3 is 5.32 Å². The third-order valence-corrected chi connectivity index (χ3v) is 1.37. The number of nitrogens with zero attached hydrogens (tertiary/aromatic N) is 1. The van der Waals surface area contributed by atoms with Crippen molar-refractivity contribution >= 4 is 23.0 Å². The fraction of sp³-hybridized carbons (Fsp3) is 0.250. The molecule has 0 aromatic carbocycles. The van der Waals surface area contributed by atoms with E-state index in [4.69, 9.17) is 11.6 Å². The van der Waals surface area contributed by atoms with Gasteiger partial charge in [0.25, 0.3) is 0 Å². The smallest absolute Gasteiger partial charge is 0.325 e. The number of halogens is 1. The molecule has 0 aromatic rings. The lowest BCUT2D eigenvalue weighted by molar-refractivity contribution is 0.203. The quantitative estimate of drug-likeness (QED) is 0.429. The molecule has 72 valence electrons. The highest BCUT2D eigenvalue weighted by Gasteiger charge is 2.16. The molecule has 0 spiro atoms. The summed E-state index contributed by atoms with van der Waals surface area (Å²) < 4.78 is 0. The summed E-state index contributed by atoms with van der Waals surface area (Å²) >= 11 is 5.15. The highest BCUT2D eigenvalue weighted by molar-refractivity contribution is 6.64. The van der Waals surface area contributed by atoms with E-state index in [1.165, 1.54) is 12.2 Å². The Kier molecular flexibility index (Phi) is 5.63. The van der Waals surface area contributed by atoms with Gasteiger partial charge in [-0.05, 0) is 11.6 Å². The molecule has 13 heavy (non-hydrogen) atoms. The number of nitrogens with one attached hydrogen (secondary N) is 1. The van der Waals surface area contributed by atoms with Gasteiger partial charge in [-0.25, -0.2) is 9.69 Å². The summed E-state index contributed by atoms with van der Waals surface area (Å²) in [6.45, 7) is 7.18. The van der Waals surface area contributed by atoms with Crippen molar-refractivity contribution < 1.29 is 9.59 Å². The van der Waals surface area contributed by atoms with Gasteiger partial charge >= 0.3 is 11.4 Å². The summed E-state index contributed by atoms with van der Waals surface area (Å²) in [6, 6.07) is -0.556. The van der Waals surface area contributed by atoms with Gasteiger partial charge in [-0.1, -0.05) is 12.2 Å². The van der Waals surface area contributed by atoms with Crippen molar-refractivity contribution in [2.45, 2.75) is 0 Å². The number of amides is 3. The van der Waals surface area contributed by atoms with Crippen LogP contribution in [0.2, 0.25) is 0 Å². The first kappa shape index (κ1) is 11.7. The lowest BCUT2D eigenvalue weighted by Crippen LogP contribution is -2.41. The Morgan fingerprint density at radius 1 is 1.38 bits per heavy atom. The van der Waals surface area contributed by atoms with E-state index in [0.717, 1.165) is 4.90 Å². The molecule has 0 unspecified atom stereocenters. The molecule has 0 aliphatic carbocycles. The molecule has 0 aliphatic heterocycles. The van der Waals surface area contributed by atoms with E-state index in [2.05, 4.69) is 18.5 Å². The molecule has 0 fully saturated rings. The van der Waals surface area contributed by atoms with Gasteiger partial charge in [-0.2, -0.15) is 0 Å². The van der Waals surface area contributed by atoms with E-state index in [-0.39, 0.29) is 13.1 Å². The predicted octanol–water partition coefficient (Wildman–Crippen LogP) is 1.73. The number of hydrogen-bond acceptors (Lipinski definition) is 2.